The maximum Gasteiger partial charge on any atom is 0.163 e. The molecule has 1 aromatic heterocycles. The van der Waals surface area contributed by atoms with E-state index in [0.29, 0.717) is 0 Å². The lowest BCUT2D eigenvalue weighted by molar-refractivity contribution is -0.0759. The predicted molar refractivity (Wildman–Crippen MR) is 108 cm³/mol. The van der Waals surface area contributed by atoms with Crippen LogP contribution in [-0.2, 0) is 6.54 Å². The Hall–Kier alpha value is -1.59. The van der Waals surface area contributed by atoms with Crippen LogP contribution in [0.3, 0.4) is 0 Å². The molecule has 27 heavy (non-hydrogen) atoms. The van der Waals surface area contributed by atoms with Gasteiger partial charge in [-0.1, -0.05) is 24.8 Å². The van der Waals surface area contributed by atoms with E-state index in [1.54, 1.807) is 24.2 Å². The van der Waals surface area contributed by atoms with E-state index in [1.807, 2.05) is 0 Å². The number of likely N-dealkylation sites (tertiary alicyclic amines) is 1. The zero-order valence-corrected chi connectivity index (χ0v) is 16.6. The molecule has 5 aliphatic rings. The average molecular weight is 379 g/mol. The Balaban J connectivity index is 1.20. The summed E-state index contributed by atoms with van der Waals surface area (Å²) < 4.78 is 0. The summed E-state index contributed by atoms with van der Waals surface area (Å²) in [4.78, 5) is 12.8. The number of fused-ring (bicyclic) bond motifs is 3. The third-order valence-corrected chi connectivity index (χ3v) is 8.35. The van der Waals surface area contributed by atoms with E-state index in [-0.39, 0.29) is 0 Å². The largest absolute Gasteiger partial charge is 0.337 e. The fourth-order valence-electron chi connectivity index (χ4n) is 6.55. The molecule has 3 saturated carbocycles. The number of hydrogen-bond donors (Lipinski definition) is 1. The van der Waals surface area contributed by atoms with Crippen molar-refractivity contribution < 1.29 is 0 Å². The second kappa shape index (κ2) is 6.21. The third kappa shape index (κ3) is 2.78. The Morgan fingerprint density at radius 2 is 1.93 bits per heavy atom. The molecular weight excluding hydrogens is 352 g/mol. The molecule has 2 aliphatic heterocycles. The number of benzene rings is 1. The molecule has 5 heteroatoms. The van der Waals surface area contributed by atoms with Crippen LogP contribution in [0.5, 0.6) is 0 Å². The van der Waals surface area contributed by atoms with Crippen molar-refractivity contribution in [1.82, 2.24) is 14.9 Å². The van der Waals surface area contributed by atoms with Gasteiger partial charge in [-0.3, -0.25) is 4.90 Å². The zero-order valence-electron chi connectivity index (χ0n) is 15.8. The van der Waals surface area contributed by atoms with E-state index >= 15 is 0 Å². The number of piperidine rings is 1. The lowest BCUT2D eigenvalue weighted by Crippen LogP contribution is -2.55. The van der Waals surface area contributed by atoms with Gasteiger partial charge in [0, 0.05) is 36.9 Å². The molecule has 0 spiro atoms. The van der Waals surface area contributed by atoms with Gasteiger partial charge < -0.3 is 5.32 Å². The summed E-state index contributed by atoms with van der Waals surface area (Å²) in [5.41, 5.74) is 2.59. The van der Waals surface area contributed by atoms with Crippen molar-refractivity contribution in [2.75, 3.05) is 18.4 Å². The van der Waals surface area contributed by atoms with Crippen molar-refractivity contribution in [3.05, 3.63) is 36.2 Å². The first-order valence-corrected chi connectivity index (χ1v) is 11.2. The molecule has 2 aromatic rings. The van der Waals surface area contributed by atoms with Crippen LogP contribution >= 0.6 is 11.8 Å². The van der Waals surface area contributed by atoms with Gasteiger partial charge in [-0.2, -0.15) is 0 Å². The molecule has 7 rings (SSSR count). The van der Waals surface area contributed by atoms with Crippen LogP contribution in [0.1, 0.15) is 31.7 Å². The van der Waals surface area contributed by atoms with Crippen molar-refractivity contribution in [2.24, 2.45) is 29.6 Å². The summed E-state index contributed by atoms with van der Waals surface area (Å²) in [5.74, 6) is 5.75. The van der Waals surface area contributed by atoms with Gasteiger partial charge in [0.2, 0.25) is 0 Å². The Morgan fingerprint density at radius 1 is 1.11 bits per heavy atom. The van der Waals surface area contributed by atoms with Gasteiger partial charge in [0.1, 0.15) is 5.03 Å². The minimum absolute atomic E-state index is 0.879. The number of nitrogens with zero attached hydrogens (tertiary/aromatic N) is 3. The van der Waals surface area contributed by atoms with E-state index < -0.39 is 0 Å². The average Bonchev–Trinajstić information content (AvgIpc) is 2.65. The molecule has 140 valence electrons. The maximum absolute atomic E-state index is 4.43. The maximum atomic E-state index is 4.43. The summed E-state index contributed by atoms with van der Waals surface area (Å²) in [6.07, 6.45) is 7.98. The molecule has 3 atom stereocenters. The molecule has 4 bridgehead atoms. The molecule has 1 aromatic carbocycles. The lowest BCUT2D eigenvalue weighted by atomic mass is 9.54. The molecule has 3 aliphatic carbocycles. The number of aromatic nitrogens is 2. The predicted octanol–water partition coefficient (Wildman–Crippen LogP) is 4.80. The van der Waals surface area contributed by atoms with Crippen molar-refractivity contribution in [3.63, 3.8) is 0 Å². The second-order valence-corrected chi connectivity index (χ2v) is 10.1. The first-order chi connectivity index (χ1) is 13.2. The van der Waals surface area contributed by atoms with Gasteiger partial charge in [0.15, 0.2) is 5.82 Å². The van der Waals surface area contributed by atoms with Gasteiger partial charge in [-0.25, -0.2) is 9.97 Å². The van der Waals surface area contributed by atoms with Gasteiger partial charge >= 0.3 is 0 Å². The molecule has 4 fully saturated rings. The van der Waals surface area contributed by atoms with E-state index in [1.165, 1.54) is 48.5 Å². The second-order valence-electron chi connectivity index (χ2n) is 9.11. The minimum atomic E-state index is 0.879. The molecule has 3 heterocycles. The van der Waals surface area contributed by atoms with Gasteiger partial charge in [0.25, 0.3) is 0 Å². The molecule has 3 unspecified atom stereocenters. The fraction of sp³-hybridized carbons (Fsp3) is 0.545. The molecule has 4 nitrogen and oxygen atoms in total. The van der Waals surface area contributed by atoms with Gasteiger partial charge in [-0.05, 0) is 66.5 Å². The Labute approximate surface area is 165 Å². The van der Waals surface area contributed by atoms with E-state index in [2.05, 4.69) is 45.3 Å². The first kappa shape index (κ1) is 16.4. The Morgan fingerprint density at radius 3 is 2.74 bits per heavy atom. The van der Waals surface area contributed by atoms with Crippen molar-refractivity contribution in [2.45, 2.75) is 42.7 Å². The summed E-state index contributed by atoms with van der Waals surface area (Å²) in [6.45, 7) is 6.19. The summed E-state index contributed by atoms with van der Waals surface area (Å²) in [5, 5.41) is 4.44. The van der Waals surface area contributed by atoms with Crippen LogP contribution in [0.25, 0.3) is 0 Å². The normalized spacial score (nSPS) is 33.9. The van der Waals surface area contributed by atoms with Crippen molar-refractivity contribution in [3.8, 4) is 0 Å². The summed E-state index contributed by atoms with van der Waals surface area (Å²) in [6, 6.07) is 6.86. The van der Waals surface area contributed by atoms with Crippen molar-refractivity contribution in [1.29, 1.82) is 0 Å². The van der Waals surface area contributed by atoms with E-state index in [0.717, 1.165) is 47.0 Å². The molecule has 0 radical (unpaired) electrons. The smallest absolute Gasteiger partial charge is 0.163 e. The zero-order chi connectivity index (χ0) is 18.0. The monoisotopic (exact) mass is 378 g/mol. The Bertz CT molecular complexity index is 868. The van der Waals surface area contributed by atoms with Crippen molar-refractivity contribution >= 4 is 23.3 Å². The highest BCUT2D eigenvalue weighted by atomic mass is 32.2. The highest BCUT2D eigenvalue weighted by Gasteiger charge is 2.49. The molecular formula is C22H26N4S. The van der Waals surface area contributed by atoms with Crippen LogP contribution in [0, 0.1) is 29.6 Å². The topological polar surface area (TPSA) is 41.0 Å². The summed E-state index contributed by atoms with van der Waals surface area (Å²) >= 11 is 1.71. The van der Waals surface area contributed by atoms with Crippen LogP contribution in [0.4, 0.5) is 11.5 Å². The number of rotatable bonds is 2. The molecule has 1 N–H and O–H groups in total. The highest BCUT2D eigenvalue weighted by Crippen LogP contribution is 2.54. The third-order valence-electron chi connectivity index (χ3n) is 7.28. The standard InChI is InChI=1S/C22H26N4S/c1-13-6-15-7-16-11-26(12-17(8-15)20(13)16)10-14-2-3-19-18(9-14)25-21-22(27-19)24-5-4-23-21/h2-5,9,13,15-17,20H,6-8,10-12H2,1H3,(H,23,25). The quantitative estimate of drug-likeness (QED) is 0.694. The fourth-order valence-corrected chi connectivity index (χ4v) is 7.43. The molecule has 0 amide bonds. The van der Waals surface area contributed by atoms with Crippen LogP contribution < -0.4 is 5.32 Å². The van der Waals surface area contributed by atoms with E-state index in [9.17, 15) is 0 Å². The van der Waals surface area contributed by atoms with Crippen LogP contribution in [-0.4, -0.2) is 28.0 Å². The van der Waals surface area contributed by atoms with Crippen LogP contribution in [0.15, 0.2) is 40.5 Å². The lowest BCUT2D eigenvalue weighted by Gasteiger charge is -2.57. The minimum Gasteiger partial charge on any atom is -0.337 e. The SMILES string of the molecule is CC1CC2CC3CN(Cc4ccc5c(c4)Nc4nccnc4S5)CC(C2)C13. The summed E-state index contributed by atoms with van der Waals surface area (Å²) in [7, 11) is 0. The molecule has 1 saturated heterocycles. The Kier molecular flexibility index (Phi) is 3.77. The highest BCUT2D eigenvalue weighted by molar-refractivity contribution is 7.99. The van der Waals surface area contributed by atoms with E-state index in [4.69, 9.17) is 0 Å². The first-order valence-electron chi connectivity index (χ1n) is 10.3. The number of nitrogens with one attached hydrogen (secondary N) is 1. The van der Waals surface area contributed by atoms with Gasteiger partial charge in [-0.15, -0.1) is 0 Å². The number of hydrogen-bond acceptors (Lipinski definition) is 5. The van der Waals surface area contributed by atoms with Gasteiger partial charge in [0.05, 0.1) is 5.69 Å². The number of anilines is 2. The van der Waals surface area contributed by atoms with Crippen LogP contribution in [0.2, 0.25) is 0 Å².